The van der Waals surface area contributed by atoms with Gasteiger partial charge in [0.2, 0.25) is 5.91 Å². The standard InChI is InChI=1S/C21H25N7O4S/c1-12(2)33(30,31)14-8-6-13(7-9-14)16-11-24-18(22)17(25-16)20-27-28-21(32-20)26-19(29)15-5-3-4-10-23-15/h6-9,11-12,15,23H,3-5,10H2,1-2H3,(H2,22,24)(H,26,28,29). The summed E-state index contributed by atoms with van der Waals surface area (Å²) < 4.78 is 30.2. The van der Waals surface area contributed by atoms with Gasteiger partial charge in [-0.1, -0.05) is 23.7 Å². The fraction of sp³-hybridized carbons (Fsp3) is 0.381. The van der Waals surface area contributed by atoms with Gasteiger partial charge in [-0.3, -0.25) is 10.1 Å². The topological polar surface area (TPSA) is 166 Å². The van der Waals surface area contributed by atoms with Crippen molar-refractivity contribution in [2.24, 2.45) is 0 Å². The third-order valence-electron chi connectivity index (χ3n) is 5.38. The zero-order chi connectivity index (χ0) is 23.6. The number of nitrogens with one attached hydrogen (secondary N) is 2. The number of amides is 1. The number of benzene rings is 1. The number of rotatable bonds is 6. The summed E-state index contributed by atoms with van der Waals surface area (Å²) in [5.41, 5.74) is 7.21. The van der Waals surface area contributed by atoms with Crippen molar-refractivity contribution in [1.82, 2.24) is 25.5 Å². The number of anilines is 2. The number of nitrogens with two attached hydrogens (primary N) is 1. The minimum Gasteiger partial charge on any atom is -0.401 e. The molecular weight excluding hydrogens is 446 g/mol. The van der Waals surface area contributed by atoms with Crippen LogP contribution in [0.15, 0.2) is 39.8 Å². The average molecular weight is 472 g/mol. The second-order valence-electron chi connectivity index (χ2n) is 8.01. The first-order chi connectivity index (χ1) is 15.8. The lowest BCUT2D eigenvalue weighted by Crippen LogP contribution is -2.43. The van der Waals surface area contributed by atoms with Gasteiger partial charge in [0.05, 0.1) is 28.1 Å². The van der Waals surface area contributed by atoms with E-state index in [1.54, 1.807) is 26.0 Å². The van der Waals surface area contributed by atoms with E-state index in [1.807, 2.05) is 0 Å². The zero-order valence-corrected chi connectivity index (χ0v) is 19.1. The van der Waals surface area contributed by atoms with Crippen molar-refractivity contribution in [1.29, 1.82) is 0 Å². The van der Waals surface area contributed by atoms with Crippen LogP contribution in [-0.4, -0.2) is 52.3 Å². The van der Waals surface area contributed by atoms with E-state index in [4.69, 9.17) is 10.2 Å². The Morgan fingerprint density at radius 2 is 1.97 bits per heavy atom. The number of nitrogens with zero attached hydrogens (tertiary/aromatic N) is 4. The molecule has 1 aliphatic heterocycles. The molecule has 2 aromatic heterocycles. The minimum atomic E-state index is -3.38. The number of sulfone groups is 1. The summed E-state index contributed by atoms with van der Waals surface area (Å²) in [4.78, 5) is 21.2. The van der Waals surface area contributed by atoms with Crippen LogP contribution in [-0.2, 0) is 14.6 Å². The molecule has 1 atom stereocenters. The van der Waals surface area contributed by atoms with Crippen molar-refractivity contribution >= 4 is 27.6 Å². The number of piperidine rings is 1. The van der Waals surface area contributed by atoms with Crippen LogP contribution < -0.4 is 16.4 Å². The Labute approximate surface area is 191 Å². The molecule has 1 amide bonds. The molecule has 1 aliphatic rings. The number of aromatic nitrogens is 4. The van der Waals surface area contributed by atoms with Crippen LogP contribution in [0, 0.1) is 0 Å². The molecule has 1 saturated heterocycles. The molecule has 4 N–H and O–H groups in total. The SMILES string of the molecule is CC(C)S(=O)(=O)c1ccc(-c2cnc(N)c(-c3nnc(NC(=O)C4CCCCN4)o3)n2)cc1. The van der Waals surface area contributed by atoms with E-state index in [-0.39, 0.29) is 40.3 Å². The molecule has 0 radical (unpaired) electrons. The van der Waals surface area contributed by atoms with Crippen LogP contribution in [0.1, 0.15) is 33.1 Å². The van der Waals surface area contributed by atoms with Crippen LogP contribution >= 0.6 is 0 Å². The van der Waals surface area contributed by atoms with Crippen LogP contribution in [0.4, 0.5) is 11.8 Å². The summed E-state index contributed by atoms with van der Waals surface area (Å²) in [7, 11) is -3.38. The zero-order valence-electron chi connectivity index (χ0n) is 18.3. The summed E-state index contributed by atoms with van der Waals surface area (Å²) in [6.45, 7) is 4.05. The molecule has 3 heterocycles. The van der Waals surface area contributed by atoms with Crippen LogP contribution in [0.25, 0.3) is 22.8 Å². The van der Waals surface area contributed by atoms with Gasteiger partial charge >= 0.3 is 6.01 Å². The molecule has 12 heteroatoms. The Bertz CT molecular complexity index is 1250. The fourth-order valence-electron chi connectivity index (χ4n) is 3.42. The summed E-state index contributed by atoms with van der Waals surface area (Å²) in [6, 6.07) is 6.00. The van der Waals surface area contributed by atoms with Crippen LogP contribution in [0.3, 0.4) is 0 Å². The monoisotopic (exact) mass is 471 g/mol. The third kappa shape index (κ3) is 4.86. The number of hydrogen-bond donors (Lipinski definition) is 3. The van der Waals surface area contributed by atoms with Crippen LogP contribution in [0.2, 0.25) is 0 Å². The predicted molar refractivity (Wildman–Crippen MR) is 122 cm³/mol. The molecule has 1 fully saturated rings. The second-order valence-corrected chi connectivity index (χ2v) is 10.5. The minimum absolute atomic E-state index is 0.00718. The molecule has 0 aliphatic carbocycles. The quantitative estimate of drug-likeness (QED) is 0.484. The largest absolute Gasteiger partial charge is 0.401 e. The first-order valence-corrected chi connectivity index (χ1v) is 12.2. The Kier molecular flexibility index (Phi) is 6.38. The molecule has 0 bridgehead atoms. The van der Waals surface area contributed by atoms with E-state index in [9.17, 15) is 13.2 Å². The maximum Gasteiger partial charge on any atom is 0.322 e. The highest BCUT2D eigenvalue weighted by atomic mass is 32.2. The first kappa shape index (κ1) is 22.8. The molecule has 0 spiro atoms. The number of hydrogen-bond acceptors (Lipinski definition) is 10. The van der Waals surface area contributed by atoms with Crippen molar-refractivity contribution in [2.75, 3.05) is 17.6 Å². The normalized spacial score (nSPS) is 16.6. The van der Waals surface area contributed by atoms with E-state index in [1.165, 1.54) is 18.3 Å². The fourth-order valence-corrected chi connectivity index (χ4v) is 4.48. The lowest BCUT2D eigenvalue weighted by molar-refractivity contribution is -0.118. The molecule has 1 unspecified atom stereocenters. The van der Waals surface area contributed by atoms with Crippen molar-refractivity contribution < 1.29 is 17.6 Å². The Morgan fingerprint density at radius 3 is 2.64 bits per heavy atom. The molecule has 3 aromatic rings. The van der Waals surface area contributed by atoms with E-state index >= 15 is 0 Å². The van der Waals surface area contributed by atoms with Crippen LogP contribution in [0.5, 0.6) is 0 Å². The van der Waals surface area contributed by atoms with Crippen molar-refractivity contribution in [3.05, 3.63) is 30.5 Å². The number of carbonyl (C=O) groups excluding carboxylic acids is 1. The van der Waals surface area contributed by atoms with Crippen molar-refractivity contribution in [2.45, 2.75) is 49.3 Å². The summed E-state index contributed by atoms with van der Waals surface area (Å²) in [5.74, 6) is -0.157. The Balaban J connectivity index is 1.55. The van der Waals surface area contributed by atoms with Gasteiger partial charge in [-0.15, -0.1) is 5.10 Å². The van der Waals surface area contributed by atoms with E-state index in [0.29, 0.717) is 11.3 Å². The number of nitrogen functional groups attached to an aromatic ring is 1. The van der Waals surface area contributed by atoms with E-state index in [0.717, 1.165) is 25.8 Å². The van der Waals surface area contributed by atoms with Crippen molar-refractivity contribution in [3.8, 4) is 22.8 Å². The molecule has 1 aromatic carbocycles. The first-order valence-electron chi connectivity index (χ1n) is 10.6. The smallest absolute Gasteiger partial charge is 0.322 e. The Hall–Kier alpha value is -3.38. The summed E-state index contributed by atoms with van der Waals surface area (Å²) in [6.07, 6.45) is 4.23. The van der Waals surface area contributed by atoms with Gasteiger partial charge < -0.3 is 15.5 Å². The van der Waals surface area contributed by atoms with Gasteiger partial charge in [0.25, 0.3) is 5.89 Å². The molecule has 11 nitrogen and oxygen atoms in total. The highest BCUT2D eigenvalue weighted by Gasteiger charge is 2.23. The highest BCUT2D eigenvalue weighted by Crippen LogP contribution is 2.27. The molecule has 174 valence electrons. The van der Waals surface area contributed by atoms with Gasteiger partial charge in [0, 0.05) is 5.56 Å². The average Bonchev–Trinajstić information content (AvgIpc) is 3.28. The van der Waals surface area contributed by atoms with Gasteiger partial charge in [0.1, 0.15) is 0 Å². The lowest BCUT2D eigenvalue weighted by Gasteiger charge is -2.21. The third-order valence-corrected chi connectivity index (χ3v) is 7.55. The second kappa shape index (κ2) is 9.24. The maximum atomic E-state index is 12.4. The number of carbonyl (C=O) groups is 1. The molecule has 0 saturated carbocycles. The lowest BCUT2D eigenvalue weighted by atomic mass is 10.0. The van der Waals surface area contributed by atoms with Gasteiger partial charge in [0.15, 0.2) is 21.3 Å². The van der Waals surface area contributed by atoms with Gasteiger partial charge in [-0.2, -0.15) is 0 Å². The highest BCUT2D eigenvalue weighted by molar-refractivity contribution is 7.92. The Morgan fingerprint density at radius 1 is 1.21 bits per heavy atom. The van der Waals surface area contributed by atoms with Crippen molar-refractivity contribution in [3.63, 3.8) is 0 Å². The summed E-state index contributed by atoms with van der Waals surface area (Å²) in [5, 5.41) is 13.0. The van der Waals surface area contributed by atoms with E-state index < -0.39 is 15.1 Å². The molecule has 33 heavy (non-hydrogen) atoms. The molecule has 4 rings (SSSR count). The van der Waals surface area contributed by atoms with Gasteiger partial charge in [-0.05, 0) is 45.4 Å². The van der Waals surface area contributed by atoms with Gasteiger partial charge in [-0.25, -0.2) is 18.4 Å². The molecular formula is C21H25N7O4S. The summed E-state index contributed by atoms with van der Waals surface area (Å²) >= 11 is 0. The predicted octanol–water partition coefficient (Wildman–Crippen LogP) is 2.04. The maximum absolute atomic E-state index is 12.4. The van der Waals surface area contributed by atoms with E-state index in [2.05, 4.69) is 30.8 Å².